The molecule has 1 atom stereocenters. The number of unbranched alkanes of at least 4 members (excludes halogenated alkanes) is 2. The highest BCUT2D eigenvalue weighted by atomic mass is 32.2. The van der Waals surface area contributed by atoms with E-state index in [9.17, 15) is 4.79 Å². The van der Waals surface area contributed by atoms with Crippen molar-refractivity contribution in [2.75, 3.05) is 18.1 Å². The molecule has 0 spiro atoms. The lowest BCUT2D eigenvalue weighted by Gasteiger charge is -2.08. The second-order valence-electron chi connectivity index (χ2n) is 3.47. The molecule has 4 heteroatoms. The number of carbonyl (C=O) groups is 1. The summed E-state index contributed by atoms with van der Waals surface area (Å²) in [5.74, 6) is 2.53. The van der Waals surface area contributed by atoms with Crippen LogP contribution in [0.15, 0.2) is 0 Å². The number of carbonyl (C=O) groups excluding carboxylic acids is 1. The maximum atomic E-state index is 11.5. The van der Waals surface area contributed by atoms with Crippen LogP contribution in [0.5, 0.6) is 0 Å². The van der Waals surface area contributed by atoms with Crippen LogP contribution < -0.4 is 5.32 Å². The average Bonchev–Trinajstić information content (AvgIpc) is 2.70. The molecule has 1 aliphatic rings. The van der Waals surface area contributed by atoms with Crippen LogP contribution in [0.4, 0.5) is 0 Å². The number of thioether (sulfide) groups is 1. The lowest BCUT2D eigenvalue weighted by molar-refractivity contribution is -0.124. The monoisotopic (exact) mass is 212 g/mol. The van der Waals surface area contributed by atoms with E-state index in [1.54, 1.807) is 0 Å². The van der Waals surface area contributed by atoms with Crippen molar-refractivity contribution in [1.82, 2.24) is 5.32 Å². The number of hydrogen-bond donors (Lipinski definition) is 1. The molecule has 78 valence electrons. The average molecular weight is 212 g/mol. The molecule has 0 aliphatic carbocycles. The van der Waals surface area contributed by atoms with Crippen LogP contribution >= 0.6 is 11.8 Å². The number of hydrogen-bond acceptors (Lipinski definition) is 3. The Labute approximate surface area is 89.2 Å². The highest BCUT2D eigenvalue weighted by Crippen LogP contribution is 2.23. The fraction of sp³-hybridized carbons (Fsp3) is 0.800. The normalized spacial score (nSPS) is 20.4. The van der Waals surface area contributed by atoms with Crippen molar-refractivity contribution in [3.63, 3.8) is 0 Å². The molecule has 1 fully saturated rings. The first-order valence-corrected chi connectivity index (χ1v) is 6.22. The van der Waals surface area contributed by atoms with E-state index in [-0.39, 0.29) is 11.8 Å². The molecule has 1 rings (SSSR count). The van der Waals surface area contributed by atoms with Crippen molar-refractivity contribution >= 4 is 17.7 Å². The van der Waals surface area contributed by atoms with Crippen LogP contribution in [0.25, 0.3) is 0 Å². The number of amides is 1. The van der Waals surface area contributed by atoms with Gasteiger partial charge >= 0.3 is 0 Å². The summed E-state index contributed by atoms with van der Waals surface area (Å²) in [6.45, 7) is 0.724. The van der Waals surface area contributed by atoms with Gasteiger partial charge in [0, 0.05) is 24.6 Å². The molecule has 0 bridgehead atoms. The van der Waals surface area contributed by atoms with Gasteiger partial charge in [-0.1, -0.05) is 0 Å². The van der Waals surface area contributed by atoms with E-state index < -0.39 is 0 Å². The van der Waals surface area contributed by atoms with E-state index in [4.69, 9.17) is 5.26 Å². The predicted octanol–water partition coefficient (Wildman–Crippen LogP) is 1.55. The van der Waals surface area contributed by atoms with Gasteiger partial charge in [-0.05, 0) is 25.0 Å². The zero-order valence-corrected chi connectivity index (χ0v) is 9.11. The molecule has 0 aromatic heterocycles. The molecule has 0 radical (unpaired) electrons. The van der Waals surface area contributed by atoms with E-state index >= 15 is 0 Å². The summed E-state index contributed by atoms with van der Waals surface area (Å²) in [7, 11) is 0. The minimum atomic E-state index is 0.201. The van der Waals surface area contributed by atoms with Crippen molar-refractivity contribution in [3.8, 4) is 6.07 Å². The lowest BCUT2D eigenvalue weighted by Crippen LogP contribution is -2.31. The quantitative estimate of drug-likeness (QED) is 0.703. The Hall–Kier alpha value is -0.690. The largest absolute Gasteiger partial charge is 0.356 e. The molecular weight excluding hydrogens is 196 g/mol. The third kappa shape index (κ3) is 4.01. The molecule has 14 heavy (non-hydrogen) atoms. The summed E-state index contributed by atoms with van der Waals surface area (Å²) in [6, 6.07) is 2.09. The predicted molar refractivity (Wildman–Crippen MR) is 57.9 cm³/mol. The zero-order valence-electron chi connectivity index (χ0n) is 8.29. The van der Waals surface area contributed by atoms with Crippen molar-refractivity contribution < 1.29 is 4.79 Å². The Morgan fingerprint density at radius 2 is 2.43 bits per heavy atom. The summed E-state index contributed by atoms with van der Waals surface area (Å²) in [5.41, 5.74) is 0. The molecular formula is C10H16N2OS. The van der Waals surface area contributed by atoms with E-state index in [1.807, 2.05) is 11.8 Å². The molecule has 0 saturated carbocycles. The highest BCUT2D eigenvalue weighted by molar-refractivity contribution is 7.99. The van der Waals surface area contributed by atoms with Crippen LogP contribution in [-0.2, 0) is 4.79 Å². The molecule has 3 nitrogen and oxygen atoms in total. The van der Waals surface area contributed by atoms with Crippen molar-refractivity contribution in [1.29, 1.82) is 5.26 Å². The third-order valence-corrected chi connectivity index (χ3v) is 3.48. The van der Waals surface area contributed by atoms with Gasteiger partial charge in [0.2, 0.25) is 5.91 Å². The van der Waals surface area contributed by atoms with Crippen LogP contribution in [0.1, 0.15) is 25.7 Å². The van der Waals surface area contributed by atoms with Crippen LogP contribution in [0, 0.1) is 17.2 Å². The molecule has 1 saturated heterocycles. The number of nitriles is 1. The van der Waals surface area contributed by atoms with Gasteiger partial charge in [-0.15, -0.1) is 0 Å². The van der Waals surface area contributed by atoms with E-state index in [1.165, 1.54) is 0 Å². The number of nitrogens with zero attached hydrogens (tertiary/aromatic N) is 1. The summed E-state index contributed by atoms with van der Waals surface area (Å²) < 4.78 is 0. The Bertz CT molecular complexity index is 219. The van der Waals surface area contributed by atoms with Gasteiger partial charge in [0.05, 0.1) is 6.07 Å². The van der Waals surface area contributed by atoms with Crippen molar-refractivity contribution in [3.05, 3.63) is 0 Å². The minimum absolute atomic E-state index is 0.201. The van der Waals surface area contributed by atoms with Gasteiger partial charge in [-0.25, -0.2) is 0 Å². The maximum Gasteiger partial charge on any atom is 0.223 e. The standard InChI is InChI=1S/C10H16N2OS/c11-5-2-1-3-6-12-10(13)9-4-7-14-8-9/h9H,1-4,6-8H2,(H,12,13). The van der Waals surface area contributed by atoms with E-state index in [2.05, 4.69) is 11.4 Å². The van der Waals surface area contributed by atoms with Crippen LogP contribution in [0.2, 0.25) is 0 Å². The Kier molecular flexibility index (Phi) is 5.46. The smallest absolute Gasteiger partial charge is 0.223 e. The Balaban J connectivity index is 2.00. The van der Waals surface area contributed by atoms with E-state index in [0.717, 1.165) is 37.3 Å². The summed E-state index contributed by atoms with van der Waals surface area (Å²) in [4.78, 5) is 11.5. The third-order valence-electron chi connectivity index (χ3n) is 2.32. The number of rotatable bonds is 5. The van der Waals surface area contributed by atoms with E-state index in [0.29, 0.717) is 6.42 Å². The molecule has 1 unspecified atom stereocenters. The molecule has 1 N–H and O–H groups in total. The molecule has 1 amide bonds. The maximum absolute atomic E-state index is 11.5. The topological polar surface area (TPSA) is 52.9 Å². The molecule has 0 aromatic rings. The highest BCUT2D eigenvalue weighted by Gasteiger charge is 2.22. The summed E-state index contributed by atoms with van der Waals surface area (Å²) >= 11 is 1.85. The second kappa shape index (κ2) is 6.72. The minimum Gasteiger partial charge on any atom is -0.356 e. The number of nitrogens with one attached hydrogen (secondary N) is 1. The fourth-order valence-electron chi connectivity index (χ4n) is 1.43. The second-order valence-corrected chi connectivity index (χ2v) is 4.62. The molecule has 1 heterocycles. The zero-order chi connectivity index (χ0) is 10.2. The van der Waals surface area contributed by atoms with Crippen LogP contribution in [-0.4, -0.2) is 24.0 Å². The lowest BCUT2D eigenvalue weighted by atomic mass is 10.1. The van der Waals surface area contributed by atoms with Gasteiger partial charge < -0.3 is 5.32 Å². The first-order chi connectivity index (χ1) is 6.84. The summed E-state index contributed by atoms with van der Waals surface area (Å²) in [6.07, 6.45) is 3.42. The SMILES string of the molecule is N#CCCCCNC(=O)C1CCSC1. The van der Waals surface area contributed by atoms with Gasteiger partial charge in [0.1, 0.15) is 0 Å². The van der Waals surface area contributed by atoms with Gasteiger partial charge in [-0.3, -0.25) is 4.79 Å². The van der Waals surface area contributed by atoms with Crippen LogP contribution in [0.3, 0.4) is 0 Å². The fourth-order valence-corrected chi connectivity index (χ4v) is 2.65. The Morgan fingerprint density at radius 3 is 3.07 bits per heavy atom. The first-order valence-electron chi connectivity index (χ1n) is 5.07. The Morgan fingerprint density at radius 1 is 1.57 bits per heavy atom. The van der Waals surface area contributed by atoms with Crippen molar-refractivity contribution in [2.24, 2.45) is 5.92 Å². The van der Waals surface area contributed by atoms with Crippen molar-refractivity contribution in [2.45, 2.75) is 25.7 Å². The molecule has 1 aliphatic heterocycles. The van der Waals surface area contributed by atoms with Gasteiger partial charge in [0.15, 0.2) is 0 Å². The molecule has 0 aromatic carbocycles. The summed E-state index contributed by atoms with van der Waals surface area (Å²) in [5, 5.41) is 11.2. The van der Waals surface area contributed by atoms with Gasteiger partial charge in [-0.2, -0.15) is 17.0 Å². The van der Waals surface area contributed by atoms with Gasteiger partial charge in [0.25, 0.3) is 0 Å². The first kappa shape index (κ1) is 11.4.